The summed E-state index contributed by atoms with van der Waals surface area (Å²) in [7, 11) is 0. The van der Waals surface area contributed by atoms with Gasteiger partial charge in [0.25, 0.3) is 0 Å². The van der Waals surface area contributed by atoms with Crippen molar-refractivity contribution in [2.75, 3.05) is 10.6 Å². The summed E-state index contributed by atoms with van der Waals surface area (Å²) < 4.78 is 40.0. The van der Waals surface area contributed by atoms with Crippen LogP contribution in [0.15, 0.2) is 54.6 Å². The van der Waals surface area contributed by atoms with E-state index in [1.54, 1.807) is 24.3 Å². The van der Waals surface area contributed by atoms with Crippen molar-refractivity contribution in [1.82, 2.24) is 0 Å². The van der Waals surface area contributed by atoms with Gasteiger partial charge in [-0.1, -0.05) is 12.1 Å². The molecule has 26 heavy (non-hydrogen) atoms. The fourth-order valence-electron chi connectivity index (χ4n) is 1.98. The van der Waals surface area contributed by atoms with Crippen LogP contribution in [0.4, 0.5) is 24.5 Å². The van der Waals surface area contributed by atoms with E-state index in [1.807, 2.05) is 0 Å². The fraction of sp³-hybridized carbons (Fsp3) is 0.111. The quantitative estimate of drug-likeness (QED) is 0.782. The first kappa shape index (κ1) is 19.0. The van der Waals surface area contributed by atoms with Gasteiger partial charge in [-0.3, -0.25) is 9.59 Å². The summed E-state index contributed by atoms with van der Waals surface area (Å²) in [6, 6.07) is 11.6. The lowest BCUT2D eigenvalue weighted by Gasteiger charge is -2.08. The highest BCUT2D eigenvalue weighted by Crippen LogP contribution is 2.23. The minimum Gasteiger partial charge on any atom is -0.406 e. The molecule has 2 amide bonds. The van der Waals surface area contributed by atoms with E-state index >= 15 is 0 Å². The molecule has 0 fully saturated rings. The Morgan fingerprint density at radius 2 is 1.46 bits per heavy atom. The number of alkyl halides is 3. The Morgan fingerprint density at radius 3 is 1.96 bits per heavy atom. The molecule has 2 aromatic carbocycles. The molecular weight excluding hydrogens is 349 g/mol. The normalized spacial score (nSPS) is 11.2. The van der Waals surface area contributed by atoms with Gasteiger partial charge >= 0.3 is 6.36 Å². The number of benzene rings is 2. The van der Waals surface area contributed by atoms with E-state index in [0.29, 0.717) is 16.9 Å². The third-order valence-corrected chi connectivity index (χ3v) is 3.01. The third kappa shape index (κ3) is 6.68. The molecule has 136 valence electrons. The second-order valence-corrected chi connectivity index (χ2v) is 5.20. The molecule has 0 aromatic heterocycles. The van der Waals surface area contributed by atoms with E-state index < -0.39 is 12.3 Å². The van der Waals surface area contributed by atoms with Gasteiger partial charge < -0.3 is 15.4 Å². The van der Waals surface area contributed by atoms with Gasteiger partial charge in [0.05, 0.1) is 0 Å². The standard InChI is InChI=1S/C18H15F3N2O3/c1-12(24)22-14-5-7-15(8-6-14)23-17(25)11-4-13-2-9-16(10-3-13)26-18(19,20)21/h2-11H,1H3,(H,22,24)(H,23,25)/b11-4+. The van der Waals surface area contributed by atoms with Crippen molar-refractivity contribution in [2.45, 2.75) is 13.3 Å². The minimum atomic E-state index is -4.74. The van der Waals surface area contributed by atoms with Crippen LogP contribution in [0, 0.1) is 0 Å². The Labute approximate surface area is 147 Å². The first-order valence-corrected chi connectivity index (χ1v) is 7.44. The molecular formula is C18H15F3N2O3. The zero-order valence-corrected chi connectivity index (χ0v) is 13.6. The van der Waals surface area contributed by atoms with Gasteiger partial charge in [0.15, 0.2) is 0 Å². The molecule has 0 spiro atoms. The molecule has 0 aliphatic carbocycles. The number of rotatable bonds is 5. The molecule has 0 unspecified atom stereocenters. The summed E-state index contributed by atoms with van der Waals surface area (Å²) >= 11 is 0. The van der Waals surface area contributed by atoms with Crippen molar-refractivity contribution in [3.63, 3.8) is 0 Å². The van der Waals surface area contributed by atoms with Gasteiger partial charge in [0, 0.05) is 24.4 Å². The molecule has 0 atom stereocenters. The van der Waals surface area contributed by atoms with Gasteiger partial charge in [0.2, 0.25) is 11.8 Å². The average Bonchev–Trinajstić information content (AvgIpc) is 2.54. The maximum atomic E-state index is 12.1. The summed E-state index contributed by atoms with van der Waals surface area (Å²) in [5, 5.41) is 5.23. The van der Waals surface area contributed by atoms with Crippen LogP contribution >= 0.6 is 0 Å². The summed E-state index contributed by atoms with van der Waals surface area (Å²) in [6.45, 7) is 1.39. The lowest BCUT2D eigenvalue weighted by molar-refractivity contribution is -0.274. The second kappa shape index (κ2) is 8.19. The number of carbonyl (C=O) groups excluding carboxylic acids is 2. The van der Waals surface area contributed by atoms with Gasteiger partial charge in [-0.25, -0.2) is 0 Å². The van der Waals surface area contributed by atoms with Crippen LogP contribution in [0.2, 0.25) is 0 Å². The highest BCUT2D eigenvalue weighted by atomic mass is 19.4. The van der Waals surface area contributed by atoms with Crippen LogP contribution in [0.5, 0.6) is 5.75 Å². The van der Waals surface area contributed by atoms with Gasteiger partial charge in [0.1, 0.15) is 5.75 Å². The van der Waals surface area contributed by atoms with Crippen molar-refractivity contribution in [1.29, 1.82) is 0 Å². The molecule has 2 N–H and O–H groups in total. The first-order valence-electron chi connectivity index (χ1n) is 7.44. The lowest BCUT2D eigenvalue weighted by atomic mass is 10.2. The first-order chi connectivity index (χ1) is 12.2. The summed E-state index contributed by atoms with van der Waals surface area (Å²) in [4.78, 5) is 22.8. The van der Waals surface area contributed by atoms with Gasteiger partial charge in [-0.05, 0) is 48.0 Å². The monoisotopic (exact) mass is 364 g/mol. The molecule has 0 saturated carbocycles. The van der Waals surface area contributed by atoms with Crippen LogP contribution in [-0.4, -0.2) is 18.2 Å². The van der Waals surface area contributed by atoms with E-state index in [4.69, 9.17) is 0 Å². The van der Waals surface area contributed by atoms with E-state index in [1.165, 1.54) is 31.2 Å². The van der Waals surface area contributed by atoms with Crippen molar-refractivity contribution >= 4 is 29.3 Å². The molecule has 0 heterocycles. The molecule has 8 heteroatoms. The van der Waals surface area contributed by atoms with E-state index in [0.717, 1.165) is 12.1 Å². The highest BCUT2D eigenvalue weighted by Gasteiger charge is 2.30. The Balaban J connectivity index is 1.91. The summed E-state index contributed by atoms with van der Waals surface area (Å²) in [5.74, 6) is -0.942. The van der Waals surface area contributed by atoms with Crippen LogP contribution in [-0.2, 0) is 9.59 Å². The van der Waals surface area contributed by atoms with Crippen LogP contribution < -0.4 is 15.4 Å². The number of hydrogen-bond acceptors (Lipinski definition) is 3. The number of anilines is 2. The summed E-state index contributed by atoms with van der Waals surface area (Å²) in [5.41, 5.74) is 1.67. The van der Waals surface area contributed by atoms with Crippen LogP contribution in [0.3, 0.4) is 0 Å². The van der Waals surface area contributed by atoms with E-state index in [-0.39, 0.29) is 11.7 Å². The van der Waals surface area contributed by atoms with E-state index in [2.05, 4.69) is 15.4 Å². The smallest absolute Gasteiger partial charge is 0.406 e. The van der Waals surface area contributed by atoms with Gasteiger partial charge in [-0.15, -0.1) is 13.2 Å². The number of carbonyl (C=O) groups is 2. The Kier molecular flexibility index (Phi) is 6.00. The number of halogens is 3. The Bertz CT molecular complexity index is 798. The minimum absolute atomic E-state index is 0.198. The van der Waals surface area contributed by atoms with Crippen molar-refractivity contribution in [3.8, 4) is 5.75 Å². The highest BCUT2D eigenvalue weighted by molar-refractivity contribution is 6.02. The Morgan fingerprint density at radius 1 is 0.923 bits per heavy atom. The molecule has 0 radical (unpaired) electrons. The average molecular weight is 364 g/mol. The topological polar surface area (TPSA) is 67.4 Å². The van der Waals surface area contributed by atoms with Crippen molar-refractivity contribution in [2.24, 2.45) is 0 Å². The third-order valence-electron chi connectivity index (χ3n) is 3.01. The molecule has 0 bridgehead atoms. The van der Waals surface area contributed by atoms with Crippen molar-refractivity contribution in [3.05, 3.63) is 60.2 Å². The van der Waals surface area contributed by atoms with E-state index in [9.17, 15) is 22.8 Å². The van der Waals surface area contributed by atoms with Crippen molar-refractivity contribution < 1.29 is 27.5 Å². The number of hydrogen-bond donors (Lipinski definition) is 2. The molecule has 5 nitrogen and oxygen atoms in total. The maximum Gasteiger partial charge on any atom is 0.573 e. The fourth-order valence-corrected chi connectivity index (χ4v) is 1.98. The zero-order valence-electron chi connectivity index (χ0n) is 13.6. The lowest BCUT2D eigenvalue weighted by Crippen LogP contribution is -2.16. The Hall–Kier alpha value is -3.29. The SMILES string of the molecule is CC(=O)Nc1ccc(NC(=O)/C=C/c2ccc(OC(F)(F)F)cc2)cc1. The molecule has 0 aliphatic rings. The van der Waals surface area contributed by atoms with Gasteiger partial charge in [-0.2, -0.15) is 0 Å². The maximum absolute atomic E-state index is 12.1. The predicted molar refractivity (Wildman–Crippen MR) is 91.5 cm³/mol. The van der Waals surface area contributed by atoms with Crippen LogP contribution in [0.1, 0.15) is 12.5 Å². The molecule has 0 aliphatic heterocycles. The molecule has 2 rings (SSSR count). The molecule has 2 aromatic rings. The zero-order chi connectivity index (χ0) is 19.2. The second-order valence-electron chi connectivity index (χ2n) is 5.20. The van der Waals surface area contributed by atoms with Crippen LogP contribution in [0.25, 0.3) is 6.08 Å². The predicted octanol–water partition coefficient (Wildman–Crippen LogP) is 4.20. The number of amides is 2. The summed E-state index contributed by atoms with van der Waals surface area (Å²) in [6.07, 6.45) is -2.04. The number of ether oxygens (including phenoxy) is 1. The molecule has 0 saturated heterocycles. The number of nitrogens with one attached hydrogen (secondary N) is 2. The largest absolute Gasteiger partial charge is 0.573 e.